The Morgan fingerprint density at radius 3 is 2.06 bits per heavy atom. The molecule has 0 radical (unpaired) electrons. The first-order valence-electron chi connectivity index (χ1n) is 14.0. The topological polar surface area (TPSA) is 154 Å². The Morgan fingerprint density at radius 2 is 1.40 bits per heavy atom. The van der Waals surface area contributed by atoms with Crippen molar-refractivity contribution in [2.24, 2.45) is 5.10 Å². The van der Waals surface area contributed by atoms with Gasteiger partial charge in [0.2, 0.25) is 0 Å². The van der Waals surface area contributed by atoms with Crippen molar-refractivity contribution in [3.8, 4) is 28.7 Å². The summed E-state index contributed by atoms with van der Waals surface area (Å²) in [6.45, 7) is -0.803. The molecule has 14 heteroatoms. The number of carbonyl (C=O) groups excluding carboxylic acids is 2. The van der Waals surface area contributed by atoms with Gasteiger partial charge in [-0.05, 0) is 78.4 Å². The molecule has 0 heterocycles. The van der Waals surface area contributed by atoms with E-state index >= 15 is 0 Å². The number of sulfonamides is 1. The van der Waals surface area contributed by atoms with E-state index in [0.29, 0.717) is 34.2 Å². The van der Waals surface area contributed by atoms with Crippen LogP contribution in [0, 0.1) is 0 Å². The van der Waals surface area contributed by atoms with Gasteiger partial charge in [0, 0.05) is 6.07 Å². The maximum atomic E-state index is 13.8. The van der Waals surface area contributed by atoms with Gasteiger partial charge in [-0.2, -0.15) is 5.10 Å². The number of amides is 2. The average Bonchev–Trinajstić information content (AvgIpc) is 3.10. The molecule has 2 N–H and O–H groups in total. The molecule has 2 amide bonds. The maximum absolute atomic E-state index is 13.8. The number of hydrazone groups is 1. The molecule has 0 aromatic heterocycles. The second kappa shape index (κ2) is 16.0. The Kier molecular flexibility index (Phi) is 11.6. The standard InChI is InChI=1S/C33H34N4O9S/c1-42-25-15-11-24(12-16-25)37(47(40,41)27-17-18-30(44-3)31(19-27)45-4)21-32(38)36-34-20-23-9-13-26(14-10-23)46-22-33(39)35-28-7-5-6-8-29(28)43-2/h5-20H,21-22H2,1-4H3,(H,35,39)(H,36,38)/b34-20+. The van der Waals surface area contributed by atoms with Crippen LogP contribution in [0.3, 0.4) is 0 Å². The van der Waals surface area contributed by atoms with Gasteiger partial charge in [0.05, 0.1) is 50.9 Å². The van der Waals surface area contributed by atoms with Crippen molar-refractivity contribution in [2.45, 2.75) is 4.90 Å². The van der Waals surface area contributed by atoms with E-state index in [4.69, 9.17) is 23.7 Å². The highest BCUT2D eigenvalue weighted by molar-refractivity contribution is 7.92. The molecule has 0 aliphatic heterocycles. The van der Waals surface area contributed by atoms with Gasteiger partial charge < -0.3 is 29.0 Å². The molecule has 47 heavy (non-hydrogen) atoms. The average molecular weight is 663 g/mol. The van der Waals surface area contributed by atoms with E-state index in [1.807, 2.05) is 0 Å². The Bertz CT molecular complexity index is 1810. The zero-order valence-electron chi connectivity index (χ0n) is 26.1. The number of para-hydroxylation sites is 2. The molecule has 0 unspecified atom stereocenters. The van der Waals surface area contributed by atoms with Crippen LogP contribution in [0.2, 0.25) is 0 Å². The van der Waals surface area contributed by atoms with E-state index in [1.165, 1.54) is 65.0 Å². The van der Waals surface area contributed by atoms with Gasteiger partial charge in [-0.1, -0.05) is 12.1 Å². The van der Waals surface area contributed by atoms with Crippen LogP contribution >= 0.6 is 0 Å². The third-order valence-electron chi connectivity index (χ3n) is 6.62. The van der Waals surface area contributed by atoms with Crippen molar-refractivity contribution in [3.63, 3.8) is 0 Å². The number of rotatable bonds is 15. The number of nitrogens with one attached hydrogen (secondary N) is 2. The van der Waals surface area contributed by atoms with Crippen molar-refractivity contribution < 1.29 is 41.7 Å². The zero-order valence-corrected chi connectivity index (χ0v) is 26.9. The van der Waals surface area contributed by atoms with Crippen molar-refractivity contribution in [1.82, 2.24) is 5.43 Å². The van der Waals surface area contributed by atoms with Crippen molar-refractivity contribution in [1.29, 1.82) is 0 Å². The summed E-state index contributed by atoms with van der Waals surface area (Å²) in [5.41, 5.74) is 3.74. The largest absolute Gasteiger partial charge is 0.497 e. The van der Waals surface area contributed by atoms with Crippen molar-refractivity contribution >= 4 is 39.4 Å². The molecule has 0 saturated carbocycles. The summed E-state index contributed by atoms with van der Waals surface area (Å²) in [6, 6.07) is 24.0. The van der Waals surface area contributed by atoms with E-state index < -0.39 is 22.5 Å². The van der Waals surface area contributed by atoms with Crippen molar-refractivity contribution in [3.05, 3.63) is 96.6 Å². The van der Waals surface area contributed by atoms with E-state index in [1.54, 1.807) is 60.7 Å². The van der Waals surface area contributed by atoms with E-state index in [-0.39, 0.29) is 28.8 Å². The fraction of sp³-hybridized carbons (Fsp3) is 0.182. The molecule has 4 rings (SSSR count). The monoisotopic (exact) mass is 662 g/mol. The predicted molar refractivity (Wildman–Crippen MR) is 176 cm³/mol. The first-order valence-corrected chi connectivity index (χ1v) is 15.5. The molecular formula is C33H34N4O9S. The molecule has 246 valence electrons. The van der Waals surface area contributed by atoms with Crippen LogP contribution in [-0.4, -0.2) is 68.0 Å². The zero-order chi connectivity index (χ0) is 33.8. The van der Waals surface area contributed by atoms with Crippen LogP contribution in [0.1, 0.15) is 5.56 Å². The van der Waals surface area contributed by atoms with Crippen LogP contribution in [0.5, 0.6) is 28.7 Å². The van der Waals surface area contributed by atoms with Crippen LogP contribution in [0.4, 0.5) is 11.4 Å². The number of ether oxygens (including phenoxy) is 5. The minimum atomic E-state index is -4.25. The highest BCUT2D eigenvalue weighted by Gasteiger charge is 2.28. The first-order chi connectivity index (χ1) is 22.7. The lowest BCUT2D eigenvalue weighted by Gasteiger charge is -2.24. The third kappa shape index (κ3) is 8.92. The summed E-state index contributed by atoms with van der Waals surface area (Å²) < 4.78 is 55.0. The Labute approximate surface area is 272 Å². The summed E-state index contributed by atoms with van der Waals surface area (Å²) in [4.78, 5) is 25.1. The Hall–Kier alpha value is -5.76. The number of carbonyl (C=O) groups is 2. The SMILES string of the molecule is COc1ccc(N(CC(=O)N/N=C/c2ccc(OCC(=O)Nc3ccccc3OC)cc2)S(=O)(=O)c2ccc(OC)c(OC)c2)cc1. The molecule has 0 atom stereocenters. The quantitative estimate of drug-likeness (QED) is 0.142. The molecule has 0 bridgehead atoms. The van der Waals surface area contributed by atoms with Gasteiger partial charge in [-0.15, -0.1) is 0 Å². The fourth-order valence-electron chi connectivity index (χ4n) is 4.25. The highest BCUT2D eigenvalue weighted by Crippen LogP contribution is 2.32. The maximum Gasteiger partial charge on any atom is 0.264 e. The van der Waals surface area contributed by atoms with Crippen molar-refractivity contribution in [2.75, 3.05) is 51.2 Å². The first kappa shape index (κ1) is 34.1. The molecule has 0 fully saturated rings. The molecule has 4 aromatic carbocycles. The summed E-state index contributed by atoms with van der Waals surface area (Å²) in [5, 5.41) is 6.70. The lowest BCUT2D eigenvalue weighted by Crippen LogP contribution is -2.39. The molecule has 0 saturated heterocycles. The number of methoxy groups -OCH3 is 4. The molecule has 0 aliphatic carbocycles. The van der Waals surface area contributed by atoms with Gasteiger partial charge in [0.15, 0.2) is 18.1 Å². The Balaban J connectivity index is 1.40. The smallest absolute Gasteiger partial charge is 0.264 e. The lowest BCUT2D eigenvalue weighted by molar-refractivity contribution is -0.119. The van der Waals surface area contributed by atoms with Crippen LogP contribution in [-0.2, 0) is 19.6 Å². The van der Waals surface area contributed by atoms with Crippen LogP contribution in [0.15, 0.2) is 101 Å². The second-order valence-electron chi connectivity index (χ2n) is 9.63. The number of hydrogen-bond acceptors (Lipinski definition) is 10. The number of nitrogens with zero attached hydrogens (tertiary/aromatic N) is 2. The normalized spacial score (nSPS) is 11.0. The molecule has 0 aliphatic rings. The number of benzene rings is 4. The molecular weight excluding hydrogens is 628 g/mol. The summed E-state index contributed by atoms with van der Waals surface area (Å²) in [7, 11) is 1.59. The summed E-state index contributed by atoms with van der Waals surface area (Å²) >= 11 is 0. The van der Waals surface area contributed by atoms with Crippen LogP contribution < -0.4 is 38.7 Å². The van der Waals surface area contributed by atoms with Gasteiger partial charge in [-0.3, -0.25) is 13.9 Å². The van der Waals surface area contributed by atoms with Crippen LogP contribution in [0.25, 0.3) is 0 Å². The van der Waals surface area contributed by atoms with Gasteiger partial charge in [0.25, 0.3) is 21.8 Å². The van der Waals surface area contributed by atoms with Gasteiger partial charge in [0.1, 0.15) is 23.8 Å². The summed E-state index contributed by atoms with van der Waals surface area (Å²) in [5.74, 6) is 0.996. The molecule has 4 aromatic rings. The second-order valence-corrected chi connectivity index (χ2v) is 11.5. The Morgan fingerprint density at radius 1 is 0.745 bits per heavy atom. The number of anilines is 2. The minimum absolute atomic E-state index is 0.109. The third-order valence-corrected chi connectivity index (χ3v) is 8.39. The predicted octanol–water partition coefficient (Wildman–Crippen LogP) is 4.08. The highest BCUT2D eigenvalue weighted by atomic mass is 32.2. The molecule has 0 spiro atoms. The molecule has 13 nitrogen and oxygen atoms in total. The number of hydrogen-bond donors (Lipinski definition) is 2. The van der Waals surface area contributed by atoms with Gasteiger partial charge in [-0.25, -0.2) is 13.8 Å². The van der Waals surface area contributed by atoms with Gasteiger partial charge >= 0.3 is 0 Å². The lowest BCUT2D eigenvalue weighted by atomic mass is 10.2. The van der Waals surface area contributed by atoms with E-state index in [0.717, 1.165) is 4.31 Å². The fourth-order valence-corrected chi connectivity index (χ4v) is 5.68. The van der Waals surface area contributed by atoms with E-state index in [2.05, 4.69) is 15.8 Å². The van der Waals surface area contributed by atoms with E-state index in [9.17, 15) is 18.0 Å². The summed E-state index contributed by atoms with van der Waals surface area (Å²) in [6.07, 6.45) is 1.39. The minimum Gasteiger partial charge on any atom is -0.497 e.